The highest BCUT2D eigenvalue weighted by Crippen LogP contribution is 2.42. The lowest BCUT2D eigenvalue weighted by molar-refractivity contribution is -0.135. The molecule has 5 nitrogen and oxygen atoms in total. The molecular weight excluding hydrogens is 304 g/mol. The summed E-state index contributed by atoms with van der Waals surface area (Å²) in [5.74, 6) is -0.853. The van der Waals surface area contributed by atoms with Crippen LogP contribution < -0.4 is 10.6 Å². The Hall–Kier alpha value is -2.92. The maximum Gasteiger partial charge on any atom is 0.264 e. The van der Waals surface area contributed by atoms with Gasteiger partial charge in [0.25, 0.3) is 5.91 Å². The molecule has 0 aromatic heterocycles. The first-order chi connectivity index (χ1) is 11.5. The number of rotatable bonds is 5. The summed E-state index contributed by atoms with van der Waals surface area (Å²) >= 11 is 0. The number of ketones is 1. The summed E-state index contributed by atoms with van der Waals surface area (Å²) in [5, 5.41) is 11.0. The van der Waals surface area contributed by atoms with Gasteiger partial charge in [0.2, 0.25) is 0 Å². The van der Waals surface area contributed by atoms with Crippen molar-refractivity contribution in [3.05, 3.63) is 72.3 Å². The fourth-order valence-electron chi connectivity index (χ4n) is 3.03. The van der Waals surface area contributed by atoms with E-state index in [1.165, 1.54) is 4.90 Å². The number of nitrogens with two attached hydrogens (primary N) is 1. The van der Waals surface area contributed by atoms with E-state index in [0.717, 1.165) is 0 Å². The number of aliphatic hydroxyl groups is 1. The van der Waals surface area contributed by atoms with E-state index in [1.807, 2.05) is 0 Å². The standard InChI is InChI=1S/C19H18N2O3/c1-2-10-21-16-9-4-3-8-15(16)19(24,18(21)23)12-17(22)13-6-5-7-14(20)11-13/h2-9,11,24H,1,10,12,20H2. The smallest absolute Gasteiger partial charge is 0.264 e. The van der Waals surface area contributed by atoms with E-state index in [2.05, 4.69) is 6.58 Å². The monoisotopic (exact) mass is 322 g/mol. The molecule has 1 aliphatic rings. The van der Waals surface area contributed by atoms with Crippen LogP contribution in [0.25, 0.3) is 0 Å². The molecule has 3 rings (SSSR count). The van der Waals surface area contributed by atoms with Crippen LogP contribution in [0.4, 0.5) is 11.4 Å². The van der Waals surface area contributed by atoms with Gasteiger partial charge in [0.15, 0.2) is 11.4 Å². The lowest BCUT2D eigenvalue weighted by Crippen LogP contribution is -2.41. The van der Waals surface area contributed by atoms with Crippen LogP contribution in [0.2, 0.25) is 0 Å². The van der Waals surface area contributed by atoms with Crippen molar-refractivity contribution in [2.75, 3.05) is 17.2 Å². The summed E-state index contributed by atoms with van der Waals surface area (Å²) in [7, 11) is 0. The highest BCUT2D eigenvalue weighted by molar-refractivity contribution is 6.11. The van der Waals surface area contributed by atoms with E-state index in [1.54, 1.807) is 54.6 Å². The molecule has 0 fully saturated rings. The van der Waals surface area contributed by atoms with Gasteiger partial charge in [-0.05, 0) is 18.2 Å². The van der Waals surface area contributed by atoms with Crippen LogP contribution in [0.3, 0.4) is 0 Å². The van der Waals surface area contributed by atoms with Gasteiger partial charge in [0.1, 0.15) is 0 Å². The molecule has 1 amide bonds. The van der Waals surface area contributed by atoms with Crippen molar-refractivity contribution in [2.45, 2.75) is 12.0 Å². The van der Waals surface area contributed by atoms with Gasteiger partial charge < -0.3 is 15.7 Å². The van der Waals surface area contributed by atoms with Crippen LogP contribution in [0, 0.1) is 0 Å². The molecule has 122 valence electrons. The average Bonchev–Trinajstić information content (AvgIpc) is 2.78. The van der Waals surface area contributed by atoms with Gasteiger partial charge in [-0.25, -0.2) is 0 Å². The molecule has 0 radical (unpaired) electrons. The molecule has 0 spiro atoms. The van der Waals surface area contributed by atoms with E-state index < -0.39 is 11.5 Å². The minimum absolute atomic E-state index is 0.268. The minimum Gasteiger partial charge on any atom is -0.399 e. The molecule has 0 saturated heterocycles. The number of fused-ring (bicyclic) bond motifs is 1. The SMILES string of the molecule is C=CCN1C(=O)C(O)(CC(=O)c2cccc(N)c2)c2ccccc21. The summed E-state index contributed by atoms with van der Waals surface area (Å²) in [6.07, 6.45) is 1.25. The summed E-state index contributed by atoms with van der Waals surface area (Å²) in [5.41, 5.74) is 5.70. The molecule has 1 atom stereocenters. The van der Waals surface area contributed by atoms with E-state index in [4.69, 9.17) is 5.73 Å². The highest BCUT2D eigenvalue weighted by Gasteiger charge is 2.50. The molecule has 2 aromatic carbocycles. The fraction of sp³-hybridized carbons (Fsp3) is 0.158. The number of carbonyl (C=O) groups excluding carboxylic acids is 2. The molecule has 0 aliphatic carbocycles. The van der Waals surface area contributed by atoms with E-state index in [-0.39, 0.29) is 18.7 Å². The maximum atomic E-state index is 12.8. The Morgan fingerprint density at radius 1 is 1.25 bits per heavy atom. The maximum absolute atomic E-state index is 12.8. The first-order valence-electron chi connectivity index (χ1n) is 7.61. The van der Waals surface area contributed by atoms with Crippen molar-refractivity contribution in [3.63, 3.8) is 0 Å². The van der Waals surface area contributed by atoms with Gasteiger partial charge in [-0.15, -0.1) is 6.58 Å². The van der Waals surface area contributed by atoms with Crippen molar-refractivity contribution in [1.29, 1.82) is 0 Å². The van der Waals surface area contributed by atoms with Crippen molar-refractivity contribution in [3.8, 4) is 0 Å². The van der Waals surface area contributed by atoms with Crippen molar-refractivity contribution < 1.29 is 14.7 Å². The Morgan fingerprint density at radius 2 is 2.00 bits per heavy atom. The van der Waals surface area contributed by atoms with Crippen molar-refractivity contribution in [2.24, 2.45) is 0 Å². The summed E-state index contributed by atoms with van der Waals surface area (Å²) in [6.45, 7) is 3.91. The van der Waals surface area contributed by atoms with Crippen LogP contribution >= 0.6 is 0 Å². The molecule has 1 unspecified atom stereocenters. The first kappa shape index (κ1) is 16.0. The molecule has 1 aliphatic heterocycles. The molecule has 0 saturated carbocycles. The van der Waals surface area contributed by atoms with Crippen LogP contribution in [-0.4, -0.2) is 23.3 Å². The number of anilines is 2. The number of nitrogen functional groups attached to an aromatic ring is 1. The molecule has 3 N–H and O–H groups in total. The highest BCUT2D eigenvalue weighted by atomic mass is 16.3. The number of carbonyl (C=O) groups is 2. The Labute approximate surface area is 140 Å². The molecule has 24 heavy (non-hydrogen) atoms. The summed E-state index contributed by atoms with van der Waals surface area (Å²) < 4.78 is 0. The largest absolute Gasteiger partial charge is 0.399 e. The molecule has 2 aromatic rings. The normalized spacial score (nSPS) is 19.2. The van der Waals surface area contributed by atoms with Gasteiger partial charge in [0, 0.05) is 23.4 Å². The zero-order valence-electron chi connectivity index (χ0n) is 13.1. The number of nitrogens with zero attached hydrogens (tertiary/aromatic N) is 1. The predicted molar refractivity (Wildman–Crippen MR) is 92.7 cm³/mol. The number of amides is 1. The minimum atomic E-state index is -1.87. The van der Waals surface area contributed by atoms with Crippen molar-refractivity contribution >= 4 is 23.1 Å². The van der Waals surface area contributed by atoms with Gasteiger partial charge in [-0.2, -0.15) is 0 Å². The summed E-state index contributed by atoms with van der Waals surface area (Å²) in [6, 6.07) is 13.4. The number of hydrogen-bond donors (Lipinski definition) is 2. The number of para-hydroxylation sites is 1. The van der Waals surface area contributed by atoms with E-state index >= 15 is 0 Å². The number of hydrogen-bond acceptors (Lipinski definition) is 4. The van der Waals surface area contributed by atoms with Gasteiger partial charge in [-0.3, -0.25) is 9.59 Å². The lowest BCUT2D eigenvalue weighted by atomic mass is 9.88. The first-order valence-corrected chi connectivity index (χ1v) is 7.61. The van der Waals surface area contributed by atoms with Gasteiger partial charge in [0.05, 0.1) is 12.1 Å². The zero-order chi connectivity index (χ0) is 17.3. The Morgan fingerprint density at radius 3 is 2.71 bits per heavy atom. The van der Waals surface area contributed by atoms with Crippen LogP contribution in [0.15, 0.2) is 61.2 Å². The molecule has 1 heterocycles. The number of benzene rings is 2. The molecule has 5 heteroatoms. The second kappa shape index (κ2) is 5.94. The quantitative estimate of drug-likeness (QED) is 0.502. The molecule has 0 bridgehead atoms. The topological polar surface area (TPSA) is 83.6 Å². The second-order valence-corrected chi connectivity index (χ2v) is 5.81. The van der Waals surface area contributed by atoms with Crippen LogP contribution in [0.1, 0.15) is 22.3 Å². The third kappa shape index (κ3) is 2.49. The average molecular weight is 322 g/mol. The Bertz CT molecular complexity index is 831. The third-order valence-electron chi connectivity index (χ3n) is 4.18. The number of Topliss-reactive ketones (excluding diaryl/α,β-unsaturated/α-hetero) is 1. The van der Waals surface area contributed by atoms with Crippen LogP contribution in [0.5, 0.6) is 0 Å². The Kier molecular flexibility index (Phi) is 3.95. The fourth-order valence-corrected chi connectivity index (χ4v) is 3.03. The second-order valence-electron chi connectivity index (χ2n) is 5.81. The van der Waals surface area contributed by atoms with E-state index in [9.17, 15) is 14.7 Å². The van der Waals surface area contributed by atoms with E-state index in [0.29, 0.717) is 22.5 Å². The van der Waals surface area contributed by atoms with Crippen molar-refractivity contribution in [1.82, 2.24) is 0 Å². The zero-order valence-corrected chi connectivity index (χ0v) is 13.1. The van der Waals surface area contributed by atoms with Gasteiger partial charge >= 0.3 is 0 Å². The Balaban J connectivity index is 1.98. The summed E-state index contributed by atoms with van der Waals surface area (Å²) in [4.78, 5) is 26.8. The lowest BCUT2D eigenvalue weighted by Gasteiger charge is -2.22. The predicted octanol–water partition coefficient (Wildman–Crippen LogP) is 2.26. The third-order valence-corrected chi connectivity index (χ3v) is 4.18. The van der Waals surface area contributed by atoms with Gasteiger partial charge in [-0.1, -0.05) is 36.4 Å². The molecular formula is C19H18N2O3. The van der Waals surface area contributed by atoms with Crippen LogP contribution in [-0.2, 0) is 10.4 Å².